The molecule has 0 heterocycles. The Hall–Kier alpha value is -2.02. The van der Waals surface area contributed by atoms with Gasteiger partial charge in [0.25, 0.3) is 0 Å². The van der Waals surface area contributed by atoms with Gasteiger partial charge in [-0.2, -0.15) is 10.4 Å². The average Bonchev–Trinajstić information content (AvgIpc) is 3.54. The van der Waals surface area contributed by atoms with Gasteiger partial charge in [0.15, 0.2) is 0 Å². The maximum atomic E-state index is 2.69. The van der Waals surface area contributed by atoms with Gasteiger partial charge in [0.05, 0.1) is 0 Å². The molecule has 0 aliphatic rings. The van der Waals surface area contributed by atoms with Crippen LogP contribution in [0.4, 0.5) is 0 Å². The molecule has 5 aromatic rings. The first-order chi connectivity index (χ1) is 19.9. The second-order valence-electron chi connectivity index (χ2n) is 14.1. The van der Waals surface area contributed by atoms with E-state index in [2.05, 4.69) is 143 Å². The van der Waals surface area contributed by atoms with Crippen LogP contribution < -0.4 is 15.6 Å². The van der Waals surface area contributed by atoms with Gasteiger partial charge < -0.3 is 14.9 Å². The van der Waals surface area contributed by atoms with Crippen molar-refractivity contribution in [2.75, 3.05) is 0 Å². The van der Waals surface area contributed by atoms with E-state index in [1.165, 1.54) is 38.2 Å². The minimum atomic E-state index is -2.48. The van der Waals surface area contributed by atoms with Gasteiger partial charge in [0.2, 0.25) is 0 Å². The van der Waals surface area contributed by atoms with Crippen LogP contribution in [0, 0.1) is 14.9 Å². The molecular weight excluding hydrogens is 636 g/mol. The summed E-state index contributed by atoms with van der Waals surface area (Å²) in [4.78, 5) is 0. The van der Waals surface area contributed by atoms with Gasteiger partial charge >= 0.3 is 26.2 Å². The Bertz CT molecular complexity index is 1600. The molecule has 0 aliphatic carbocycles. The Balaban J connectivity index is 0.00000235. The van der Waals surface area contributed by atoms with E-state index < -0.39 is 8.07 Å². The summed E-state index contributed by atoms with van der Waals surface area (Å²) < 4.78 is 0. The third-order valence-electron chi connectivity index (χ3n) is 9.94. The van der Waals surface area contributed by atoms with E-state index in [4.69, 9.17) is 0 Å². The van der Waals surface area contributed by atoms with Crippen LogP contribution in [0.2, 0.25) is 6.55 Å². The number of benzene rings is 3. The van der Waals surface area contributed by atoms with Crippen LogP contribution in [0.15, 0.2) is 66.7 Å². The van der Waals surface area contributed by atoms with E-state index in [0.717, 1.165) is 12.8 Å². The minimum Gasteiger partial charge on any atom is -0.358 e. The normalized spacial score (nSPS) is 11.9. The number of fused-ring (bicyclic) bond motifs is 2. The van der Waals surface area contributed by atoms with Gasteiger partial charge in [-0.05, 0) is 36.5 Å². The predicted molar refractivity (Wildman–Crippen MR) is 204 cm³/mol. The Morgan fingerprint density at radius 1 is 0.578 bits per heavy atom. The molecule has 0 fully saturated rings. The SMILES string of the molecule is CCc1[cH-]c2cc(C(C)C)cc(C(C)C)c2c1[Si](C)(c1ccccc1)c1c(CC)[cH-]c2cc(C(C)C)cc(C(C)C)c12.[CH3-].[CH3-].[Zr+4]. The van der Waals surface area contributed by atoms with Gasteiger partial charge in [0.1, 0.15) is 0 Å². The smallest absolute Gasteiger partial charge is 0.358 e. The summed E-state index contributed by atoms with van der Waals surface area (Å²) in [6.07, 6.45) is 2.12. The van der Waals surface area contributed by atoms with Crippen molar-refractivity contribution in [2.45, 2.75) is 112 Å². The van der Waals surface area contributed by atoms with Crippen LogP contribution >= 0.6 is 0 Å². The Kier molecular flexibility index (Phi) is 13.3. The van der Waals surface area contributed by atoms with Gasteiger partial charge in [0, 0.05) is 8.07 Å². The molecule has 0 nitrogen and oxygen atoms in total. The monoisotopic (exact) mass is 692 g/mol. The topological polar surface area (TPSA) is 0 Å². The van der Waals surface area contributed by atoms with Gasteiger partial charge in [-0.15, -0.1) is 56.9 Å². The maximum absolute atomic E-state index is 2.69. The van der Waals surface area contributed by atoms with Crippen LogP contribution in [-0.4, -0.2) is 8.07 Å². The zero-order valence-electron chi connectivity index (χ0n) is 30.6. The molecule has 0 radical (unpaired) electrons. The summed E-state index contributed by atoms with van der Waals surface area (Å²) in [5.41, 5.74) is 9.08. The molecule has 0 unspecified atom stereocenters. The van der Waals surface area contributed by atoms with Crippen molar-refractivity contribution in [1.82, 2.24) is 0 Å². The molecule has 0 aromatic heterocycles. The van der Waals surface area contributed by atoms with Crippen molar-refractivity contribution < 1.29 is 26.2 Å². The van der Waals surface area contributed by atoms with E-state index in [9.17, 15) is 0 Å². The first-order valence-electron chi connectivity index (χ1n) is 16.5. The fourth-order valence-electron chi connectivity index (χ4n) is 7.53. The number of rotatable bonds is 9. The largest absolute Gasteiger partial charge is 4.00 e. The molecule has 0 atom stereocenters. The molecule has 0 spiro atoms. The van der Waals surface area contributed by atoms with Gasteiger partial charge in [-0.25, -0.2) is 0 Å². The molecule has 5 rings (SSSR count). The molecule has 0 saturated heterocycles. The molecule has 238 valence electrons. The predicted octanol–water partition coefficient (Wildman–Crippen LogP) is 11.0. The van der Waals surface area contributed by atoms with Crippen molar-refractivity contribution in [1.29, 1.82) is 0 Å². The van der Waals surface area contributed by atoms with Crippen molar-refractivity contribution in [3.8, 4) is 0 Å². The third-order valence-corrected chi connectivity index (χ3v) is 14.6. The molecule has 0 N–H and O–H groups in total. The van der Waals surface area contributed by atoms with E-state index in [1.807, 2.05) is 0 Å². The molecule has 0 aliphatic heterocycles. The number of hydrogen-bond donors (Lipinski definition) is 0. The molecule has 0 saturated carbocycles. The van der Waals surface area contributed by atoms with Crippen LogP contribution in [-0.2, 0) is 39.0 Å². The number of hydrogen-bond acceptors (Lipinski definition) is 0. The first-order valence-corrected chi connectivity index (χ1v) is 19.0. The molecule has 45 heavy (non-hydrogen) atoms. The zero-order chi connectivity index (χ0) is 30.5. The van der Waals surface area contributed by atoms with Crippen molar-refractivity contribution in [3.63, 3.8) is 0 Å². The van der Waals surface area contributed by atoms with Gasteiger partial charge in [-0.3, -0.25) is 0 Å². The van der Waals surface area contributed by atoms with Gasteiger partial charge in [-0.1, -0.05) is 146 Å². The minimum absolute atomic E-state index is 0. The molecule has 0 amide bonds. The summed E-state index contributed by atoms with van der Waals surface area (Å²) in [6.45, 7) is 26.3. The van der Waals surface area contributed by atoms with Crippen LogP contribution in [0.5, 0.6) is 0 Å². The van der Waals surface area contributed by atoms with E-state index in [1.54, 1.807) is 32.3 Å². The van der Waals surface area contributed by atoms with Crippen LogP contribution in [0.3, 0.4) is 0 Å². The quantitative estimate of drug-likeness (QED) is 0.106. The second kappa shape index (κ2) is 15.3. The summed E-state index contributed by atoms with van der Waals surface area (Å²) in [5, 5.41) is 10.8. The number of aryl methyl sites for hydroxylation is 2. The van der Waals surface area contributed by atoms with E-state index >= 15 is 0 Å². The first kappa shape index (κ1) is 39.2. The summed E-state index contributed by atoms with van der Waals surface area (Å²) in [6, 6.07) is 26.8. The van der Waals surface area contributed by atoms with Crippen molar-refractivity contribution >= 4 is 45.2 Å². The molecule has 5 aromatic carbocycles. The van der Waals surface area contributed by atoms with Crippen LogP contribution in [0.1, 0.15) is 126 Å². The van der Waals surface area contributed by atoms with Crippen LogP contribution in [0.25, 0.3) is 21.5 Å². The van der Waals surface area contributed by atoms with E-state index in [0.29, 0.717) is 23.7 Å². The Morgan fingerprint density at radius 3 is 1.27 bits per heavy atom. The Morgan fingerprint density at radius 2 is 0.956 bits per heavy atom. The molecule has 0 bridgehead atoms. The van der Waals surface area contributed by atoms with Crippen molar-refractivity contribution in [3.05, 3.63) is 115 Å². The third kappa shape index (κ3) is 6.71. The maximum Gasteiger partial charge on any atom is 4.00 e. The summed E-state index contributed by atoms with van der Waals surface area (Å²) in [7, 11) is -2.48. The average molecular weight is 694 g/mol. The second-order valence-corrected chi connectivity index (χ2v) is 17.9. The van der Waals surface area contributed by atoms with Crippen molar-refractivity contribution in [2.24, 2.45) is 0 Å². The summed E-state index contributed by atoms with van der Waals surface area (Å²) in [5.74, 6) is 1.96. The Labute approximate surface area is 296 Å². The summed E-state index contributed by atoms with van der Waals surface area (Å²) >= 11 is 0. The molecule has 2 heteroatoms. The zero-order valence-corrected chi connectivity index (χ0v) is 34.0. The standard InChI is InChI=1S/C41H52Si.2CH3.Zr/c1-12-29-19-33-21-31(25(3)4)23-36(27(7)8)38(33)40(29)42(11,35-17-15-14-16-18-35)41-30(13-2)20-34-22-32(26(5)6)24-37(28(9)10)39(34)41;;;/h14-28H,12-13H2,1-11H3;2*1H3;/q-2;2*-1;+4. The molecular formula is C43H58SiZr. The fraction of sp³-hybridized carbons (Fsp3) is 0.395. The van der Waals surface area contributed by atoms with E-state index in [-0.39, 0.29) is 41.1 Å². The fourth-order valence-corrected chi connectivity index (χ4v) is 12.6.